The Morgan fingerprint density at radius 1 is 1.08 bits per heavy atom. The summed E-state index contributed by atoms with van der Waals surface area (Å²) in [6.07, 6.45) is 1.02. The molecule has 0 aliphatic heterocycles. The summed E-state index contributed by atoms with van der Waals surface area (Å²) >= 11 is 5.93. The molecule has 0 radical (unpaired) electrons. The average molecular weight is 343 g/mol. The van der Waals surface area contributed by atoms with E-state index in [1.165, 1.54) is 11.1 Å². The van der Waals surface area contributed by atoms with E-state index in [1.807, 2.05) is 36.4 Å². The number of hydrogen-bond acceptors (Lipinski definition) is 3. The van der Waals surface area contributed by atoms with Gasteiger partial charge in [0.1, 0.15) is 6.04 Å². The van der Waals surface area contributed by atoms with Crippen LogP contribution < -0.4 is 5.32 Å². The molecule has 0 saturated heterocycles. The Morgan fingerprint density at radius 3 is 2.46 bits per heavy atom. The average Bonchev–Trinajstić information content (AvgIpc) is 3.09. The van der Waals surface area contributed by atoms with Gasteiger partial charge < -0.3 is 9.84 Å². The molecule has 1 atom stereocenters. The van der Waals surface area contributed by atoms with Crippen LogP contribution >= 0.6 is 11.6 Å². The fraction of sp³-hybridized carbons (Fsp3) is 0.263. The zero-order chi connectivity index (χ0) is 16.9. The van der Waals surface area contributed by atoms with E-state index in [1.54, 1.807) is 0 Å². The van der Waals surface area contributed by atoms with E-state index in [0.717, 1.165) is 17.0 Å². The molecule has 0 aliphatic carbocycles. The molecule has 0 unspecified atom stereocenters. The van der Waals surface area contributed by atoms with Gasteiger partial charge in [-0.2, -0.15) is 4.98 Å². The van der Waals surface area contributed by atoms with Crippen molar-refractivity contribution in [2.45, 2.75) is 32.9 Å². The zero-order valence-corrected chi connectivity index (χ0v) is 14.6. The predicted octanol–water partition coefficient (Wildman–Crippen LogP) is 3.78. The van der Waals surface area contributed by atoms with Crippen molar-refractivity contribution in [1.29, 1.82) is 0 Å². The Hall–Kier alpha value is -2.17. The summed E-state index contributed by atoms with van der Waals surface area (Å²) in [5.41, 5.74) is 3.50. The Kier molecular flexibility index (Phi) is 5.28. The minimum atomic E-state index is 0.293. The van der Waals surface area contributed by atoms with Gasteiger partial charge in [0.05, 0.1) is 0 Å². The molecule has 5 heteroatoms. The van der Waals surface area contributed by atoms with E-state index in [0.29, 0.717) is 24.3 Å². The van der Waals surface area contributed by atoms with E-state index in [4.69, 9.17) is 16.1 Å². The van der Waals surface area contributed by atoms with E-state index >= 15 is 0 Å². The van der Waals surface area contributed by atoms with Crippen LogP contribution in [0.3, 0.4) is 0 Å². The van der Waals surface area contributed by atoms with Crippen LogP contribution in [0.4, 0.5) is 0 Å². The van der Waals surface area contributed by atoms with Crippen molar-refractivity contribution >= 4 is 11.6 Å². The largest absolute Gasteiger partial charge is 0.333 e. The molecule has 3 aromatic rings. The fourth-order valence-electron chi connectivity index (χ4n) is 2.52. The van der Waals surface area contributed by atoms with Crippen molar-refractivity contribution in [1.82, 2.24) is 10.1 Å². The molecular weight excluding hydrogens is 322 g/mol. The Balaban J connectivity index is 1.62. The minimum absolute atomic E-state index is 0.293. The zero-order valence-electron chi connectivity index (χ0n) is 13.9. The number of quaternary nitrogens is 1. The first kappa shape index (κ1) is 16.7. The number of aryl methyl sites for hydroxylation is 1. The molecular formula is C19H21ClN3O+. The lowest BCUT2D eigenvalue weighted by molar-refractivity contribution is -0.710. The van der Waals surface area contributed by atoms with E-state index in [9.17, 15) is 0 Å². The van der Waals surface area contributed by atoms with E-state index in [-0.39, 0.29) is 0 Å². The maximum atomic E-state index is 5.93. The predicted molar refractivity (Wildman–Crippen MR) is 94.6 cm³/mol. The lowest BCUT2D eigenvalue weighted by atomic mass is 10.1. The second-order valence-corrected chi connectivity index (χ2v) is 6.28. The number of nitrogens with two attached hydrogens (primary N) is 1. The minimum Gasteiger partial charge on any atom is -0.333 e. The van der Waals surface area contributed by atoms with Crippen molar-refractivity contribution in [2.24, 2.45) is 0 Å². The second kappa shape index (κ2) is 7.60. The number of aromatic nitrogens is 2. The van der Waals surface area contributed by atoms with Crippen LogP contribution in [-0.2, 0) is 13.0 Å². The monoisotopic (exact) mass is 342 g/mol. The van der Waals surface area contributed by atoms with Gasteiger partial charge in [0.25, 0.3) is 5.89 Å². The summed E-state index contributed by atoms with van der Waals surface area (Å²) in [7, 11) is 0. The molecule has 0 saturated carbocycles. The second-order valence-electron chi connectivity index (χ2n) is 5.84. The van der Waals surface area contributed by atoms with Crippen molar-refractivity contribution in [3.8, 4) is 11.4 Å². The highest BCUT2D eigenvalue weighted by Gasteiger charge is 2.13. The highest BCUT2D eigenvalue weighted by Crippen LogP contribution is 2.17. The standard InChI is InChI=1S/C19H20ClN3O/c1-3-14-4-6-16(7-5-14)19-22-18(24-23-19)12-21-13(2)15-8-10-17(20)11-9-15/h4-11,13,21H,3,12H2,1-2H3/p+1/t13-/m0/s1. The van der Waals surface area contributed by atoms with Gasteiger partial charge in [0.15, 0.2) is 6.54 Å². The Bertz CT molecular complexity index is 781. The molecule has 1 aromatic heterocycles. The van der Waals surface area contributed by atoms with Crippen molar-refractivity contribution in [2.75, 3.05) is 0 Å². The molecule has 2 aromatic carbocycles. The number of nitrogens with zero attached hydrogens (tertiary/aromatic N) is 2. The normalized spacial score (nSPS) is 12.3. The number of benzene rings is 2. The van der Waals surface area contributed by atoms with Crippen LogP contribution in [0.15, 0.2) is 53.1 Å². The Morgan fingerprint density at radius 2 is 1.79 bits per heavy atom. The molecule has 3 rings (SSSR count). The summed E-state index contributed by atoms with van der Waals surface area (Å²) in [5, 5.41) is 7.00. The molecule has 2 N–H and O–H groups in total. The molecule has 4 nitrogen and oxygen atoms in total. The number of halogens is 1. The van der Waals surface area contributed by atoms with Crippen LogP contribution in [0.25, 0.3) is 11.4 Å². The lowest BCUT2D eigenvalue weighted by Gasteiger charge is -2.09. The van der Waals surface area contributed by atoms with Gasteiger partial charge in [0.2, 0.25) is 5.82 Å². The molecule has 0 amide bonds. The molecule has 0 spiro atoms. The first-order chi connectivity index (χ1) is 11.7. The van der Waals surface area contributed by atoms with Gasteiger partial charge in [-0.3, -0.25) is 0 Å². The van der Waals surface area contributed by atoms with Crippen molar-refractivity contribution in [3.63, 3.8) is 0 Å². The van der Waals surface area contributed by atoms with Gasteiger partial charge >= 0.3 is 0 Å². The first-order valence-corrected chi connectivity index (χ1v) is 8.54. The molecule has 1 heterocycles. The smallest absolute Gasteiger partial charge is 0.282 e. The van der Waals surface area contributed by atoms with Gasteiger partial charge in [0, 0.05) is 16.1 Å². The SMILES string of the molecule is CCc1ccc(-c2noc(C[NH2+][C@@H](C)c3ccc(Cl)cc3)n2)cc1. The fourth-order valence-corrected chi connectivity index (χ4v) is 2.65. The molecule has 0 fully saturated rings. The van der Waals surface area contributed by atoms with Gasteiger partial charge in [-0.25, -0.2) is 0 Å². The van der Waals surface area contributed by atoms with E-state index in [2.05, 4.69) is 41.4 Å². The van der Waals surface area contributed by atoms with Crippen LogP contribution in [0.2, 0.25) is 5.02 Å². The summed E-state index contributed by atoms with van der Waals surface area (Å²) in [6.45, 7) is 4.92. The number of hydrogen-bond donors (Lipinski definition) is 1. The lowest BCUT2D eigenvalue weighted by Crippen LogP contribution is -2.83. The van der Waals surface area contributed by atoms with E-state index < -0.39 is 0 Å². The molecule has 24 heavy (non-hydrogen) atoms. The maximum Gasteiger partial charge on any atom is 0.282 e. The summed E-state index contributed by atoms with van der Waals surface area (Å²) < 4.78 is 5.37. The maximum absolute atomic E-state index is 5.93. The number of rotatable bonds is 6. The third-order valence-electron chi connectivity index (χ3n) is 4.13. The molecule has 0 aliphatic rings. The van der Waals surface area contributed by atoms with Crippen LogP contribution in [-0.4, -0.2) is 10.1 Å². The summed E-state index contributed by atoms with van der Waals surface area (Å²) in [4.78, 5) is 4.49. The van der Waals surface area contributed by atoms with Gasteiger partial charge in [-0.15, -0.1) is 0 Å². The van der Waals surface area contributed by atoms with Gasteiger partial charge in [-0.05, 0) is 31.0 Å². The molecule has 0 bridgehead atoms. The third kappa shape index (κ3) is 4.02. The van der Waals surface area contributed by atoms with Crippen LogP contribution in [0.1, 0.15) is 36.9 Å². The van der Waals surface area contributed by atoms with Crippen molar-refractivity contribution < 1.29 is 9.84 Å². The summed E-state index contributed by atoms with van der Waals surface area (Å²) in [6, 6.07) is 16.5. The Labute approximate surface area is 146 Å². The highest BCUT2D eigenvalue weighted by atomic mass is 35.5. The van der Waals surface area contributed by atoms with Crippen molar-refractivity contribution in [3.05, 3.63) is 70.6 Å². The topological polar surface area (TPSA) is 55.5 Å². The summed E-state index contributed by atoms with van der Waals surface area (Å²) in [5.74, 6) is 1.27. The quantitative estimate of drug-likeness (QED) is 0.741. The van der Waals surface area contributed by atoms with Crippen LogP contribution in [0.5, 0.6) is 0 Å². The van der Waals surface area contributed by atoms with Gasteiger partial charge in [-0.1, -0.05) is 60.1 Å². The van der Waals surface area contributed by atoms with Crippen LogP contribution in [0, 0.1) is 0 Å². The first-order valence-electron chi connectivity index (χ1n) is 8.16. The third-order valence-corrected chi connectivity index (χ3v) is 4.38. The highest BCUT2D eigenvalue weighted by molar-refractivity contribution is 6.30. The molecule has 124 valence electrons.